The molecule has 0 aromatic heterocycles. The molecule has 0 radical (unpaired) electrons. The van der Waals surface area contributed by atoms with E-state index in [-0.39, 0.29) is 31.3 Å². The number of amides is 1. The van der Waals surface area contributed by atoms with Gasteiger partial charge in [-0.05, 0) is 102 Å². The van der Waals surface area contributed by atoms with Crippen LogP contribution in [0.1, 0.15) is 201 Å². The second kappa shape index (κ2) is 48.3. The number of ether oxygens (including phenoxy) is 1. The van der Waals surface area contributed by atoms with Gasteiger partial charge in [-0.1, -0.05) is 195 Å². The minimum atomic E-state index is -4.72. The molecule has 10 heteroatoms. The first-order valence-corrected chi connectivity index (χ1v) is 28.7. The monoisotopic (exact) mass is 981 g/mol. The highest BCUT2D eigenvalue weighted by Crippen LogP contribution is 2.38. The van der Waals surface area contributed by atoms with Crippen molar-refractivity contribution in [1.29, 1.82) is 0 Å². The molecule has 0 saturated heterocycles. The Morgan fingerprint density at radius 1 is 0.522 bits per heavy atom. The largest absolute Gasteiger partial charge is 0.756 e. The molecule has 69 heavy (non-hydrogen) atoms. The maximum absolute atomic E-state index is 13.4. The molecule has 0 rings (SSSR count). The quantitative estimate of drug-likeness (QED) is 0.0212. The zero-order valence-electron chi connectivity index (χ0n) is 44.7. The summed E-state index contributed by atoms with van der Waals surface area (Å²) in [5, 5.41) is 2.97. The van der Waals surface area contributed by atoms with Crippen LogP contribution in [0.3, 0.4) is 0 Å². The van der Waals surface area contributed by atoms with Crippen LogP contribution in [0.25, 0.3) is 0 Å². The van der Waals surface area contributed by atoms with Crippen molar-refractivity contribution in [3.8, 4) is 0 Å². The van der Waals surface area contributed by atoms with Gasteiger partial charge in [0.2, 0.25) is 5.91 Å². The number of quaternary nitrogens is 1. The summed E-state index contributed by atoms with van der Waals surface area (Å²) in [6, 6.07) is -0.933. The van der Waals surface area contributed by atoms with E-state index in [0.29, 0.717) is 23.9 Å². The Kier molecular flexibility index (Phi) is 46.0. The van der Waals surface area contributed by atoms with E-state index >= 15 is 0 Å². The van der Waals surface area contributed by atoms with Crippen molar-refractivity contribution >= 4 is 19.7 Å². The number of carbonyl (C=O) groups excluding carboxylic acids is 2. The first-order chi connectivity index (χ1) is 33.4. The van der Waals surface area contributed by atoms with Gasteiger partial charge in [0.05, 0.1) is 33.8 Å². The summed E-state index contributed by atoms with van der Waals surface area (Å²) in [5.41, 5.74) is 0. The lowest BCUT2D eigenvalue weighted by Gasteiger charge is -2.30. The highest BCUT2D eigenvalue weighted by Gasteiger charge is 2.27. The van der Waals surface area contributed by atoms with E-state index in [1.165, 1.54) is 51.4 Å². The molecule has 3 atom stereocenters. The molecule has 0 spiro atoms. The van der Waals surface area contributed by atoms with E-state index in [4.69, 9.17) is 13.8 Å². The molecule has 0 fully saturated rings. The fourth-order valence-electron chi connectivity index (χ4n) is 7.04. The van der Waals surface area contributed by atoms with Gasteiger partial charge >= 0.3 is 5.97 Å². The molecule has 0 heterocycles. The number of unbranched alkanes of at least 4 members (excludes halogenated alkanes) is 15. The average molecular weight is 981 g/mol. The molecule has 3 unspecified atom stereocenters. The van der Waals surface area contributed by atoms with E-state index in [9.17, 15) is 19.0 Å². The lowest BCUT2D eigenvalue weighted by atomic mass is 10.1. The zero-order valence-corrected chi connectivity index (χ0v) is 45.6. The van der Waals surface area contributed by atoms with E-state index in [1.54, 1.807) is 6.08 Å². The third-order valence-electron chi connectivity index (χ3n) is 11.2. The number of hydrogen-bond acceptors (Lipinski definition) is 7. The summed E-state index contributed by atoms with van der Waals surface area (Å²) in [4.78, 5) is 39.7. The van der Waals surface area contributed by atoms with Crippen molar-refractivity contribution in [1.82, 2.24) is 5.32 Å². The Balaban J connectivity index is 5.54. The maximum atomic E-state index is 13.4. The molecule has 0 saturated carbocycles. The number of hydrogen-bond donors (Lipinski definition) is 1. The Labute approximate surface area is 423 Å². The summed E-state index contributed by atoms with van der Waals surface area (Å²) in [7, 11) is 1.12. The average Bonchev–Trinajstić information content (AvgIpc) is 3.31. The summed E-state index contributed by atoms with van der Waals surface area (Å²) in [6.45, 7) is 6.52. The number of esters is 1. The third kappa shape index (κ3) is 49.4. The lowest BCUT2D eigenvalue weighted by molar-refractivity contribution is -0.870. The highest BCUT2D eigenvalue weighted by molar-refractivity contribution is 7.45. The number of phosphoric acid groups is 1. The first kappa shape index (κ1) is 65.7. The van der Waals surface area contributed by atoms with E-state index in [2.05, 4.69) is 123 Å². The number of nitrogens with zero attached hydrogens (tertiary/aromatic N) is 1. The van der Waals surface area contributed by atoms with Gasteiger partial charge in [-0.25, -0.2) is 0 Å². The molecular weight excluding hydrogens is 880 g/mol. The van der Waals surface area contributed by atoms with Crippen LogP contribution in [-0.4, -0.2) is 69.4 Å². The van der Waals surface area contributed by atoms with Crippen LogP contribution in [0, 0.1) is 0 Å². The van der Waals surface area contributed by atoms with Crippen molar-refractivity contribution in [2.24, 2.45) is 0 Å². The fraction of sp³-hybridized carbons (Fsp3) is 0.661. The van der Waals surface area contributed by atoms with Gasteiger partial charge in [-0.3, -0.25) is 14.2 Å². The summed E-state index contributed by atoms with van der Waals surface area (Å²) >= 11 is 0. The van der Waals surface area contributed by atoms with Gasteiger partial charge in [-0.15, -0.1) is 0 Å². The lowest BCUT2D eigenvalue weighted by Crippen LogP contribution is -2.47. The Bertz CT molecular complexity index is 1550. The number of likely N-dealkylation sites (N-methyl/N-ethyl adjacent to an activating group) is 1. The zero-order chi connectivity index (χ0) is 50.8. The number of nitrogens with one attached hydrogen (secondary N) is 1. The SMILES string of the molecule is CC/C=C\C/C=C\C/C=C\C/C=C\C/C=C\CCCC(=O)NC(COP(=O)([O-])OCC[N+](C)(C)C)C(/C=C/CCCCCCCCCCCC)OC(=O)CCCCCC/C=C/C/C=C/C/C=C/CC. The third-order valence-corrected chi connectivity index (χ3v) is 12.2. The van der Waals surface area contributed by atoms with Gasteiger partial charge in [0.1, 0.15) is 19.3 Å². The molecule has 9 nitrogen and oxygen atoms in total. The molecule has 0 aromatic rings. The van der Waals surface area contributed by atoms with E-state index in [1.807, 2.05) is 27.2 Å². The van der Waals surface area contributed by atoms with Crippen LogP contribution < -0.4 is 10.2 Å². The maximum Gasteiger partial charge on any atom is 0.306 e. The van der Waals surface area contributed by atoms with E-state index < -0.39 is 26.6 Å². The number of phosphoric ester groups is 1. The summed E-state index contributed by atoms with van der Waals surface area (Å²) in [5.74, 6) is -0.646. The molecule has 0 aliphatic rings. The van der Waals surface area contributed by atoms with Gasteiger partial charge in [0.25, 0.3) is 7.82 Å². The minimum absolute atomic E-state index is 0.0426. The van der Waals surface area contributed by atoms with E-state index in [0.717, 1.165) is 103 Å². The number of allylic oxidation sites excluding steroid dienone is 17. The molecular formula is C59H101N2O7P. The normalized spacial score (nSPS) is 14.7. The van der Waals surface area contributed by atoms with Crippen molar-refractivity contribution < 1.29 is 37.3 Å². The molecule has 0 aromatic carbocycles. The first-order valence-electron chi connectivity index (χ1n) is 27.2. The highest BCUT2D eigenvalue weighted by atomic mass is 31.2. The molecule has 1 amide bonds. The van der Waals surface area contributed by atoms with Gasteiger partial charge < -0.3 is 28.5 Å². The van der Waals surface area contributed by atoms with Crippen LogP contribution in [0.15, 0.2) is 109 Å². The predicted molar refractivity (Wildman–Crippen MR) is 293 cm³/mol. The Hall–Kier alpha value is -3.33. The molecule has 394 valence electrons. The van der Waals surface area contributed by atoms with Gasteiger partial charge in [-0.2, -0.15) is 0 Å². The second-order valence-corrected chi connectivity index (χ2v) is 20.4. The Morgan fingerprint density at radius 2 is 0.942 bits per heavy atom. The van der Waals surface area contributed by atoms with Gasteiger partial charge in [0.15, 0.2) is 0 Å². The standard InChI is InChI=1S/C59H101N2O7P/c1-7-10-13-16-19-22-25-28-30-31-32-33-36-39-42-45-48-51-58(62)60-56(55-67-69(64,65)66-54-53-61(4,5)6)57(50-47-44-41-38-35-27-24-21-18-15-12-9-3)68-59(63)52-49-46-43-40-37-34-29-26-23-20-17-14-11-8-2/h10-11,13-14,19-20,22-23,28-30,32-34,39,42,47,50,56-57H,7-9,12,15-18,21,24-27,31,35-38,40-41,43-46,48-49,51-55H2,1-6H3,(H-,60,62,64,65)/b13-10-,14-11+,22-19-,23-20+,30-28-,33-32-,34-29+,42-39-,50-47+. The van der Waals surface area contributed by atoms with Gasteiger partial charge in [0, 0.05) is 12.8 Å². The smallest absolute Gasteiger partial charge is 0.306 e. The predicted octanol–water partition coefficient (Wildman–Crippen LogP) is 15.6. The summed E-state index contributed by atoms with van der Waals surface area (Å²) < 4.78 is 30.1. The fourth-order valence-corrected chi connectivity index (χ4v) is 7.76. The molecule has 0 aliphatic heterocycles. The van der Waals surface area contributed by atoms with Crippen molar-refractivity contribution in [3.63, 3.8) is 0 Å². The molecule has 1 N–H and O–H groups in total. The van der Waals surface area contributed by atoms with Crippen molar-refractivity contribution in [2.75, 3.05) is 40.9 Å². The van der Waals surface area contributed by atoms with Crippen molar-refractivity contribution in [3.05, 3.63) is 109 Å². The topological polar surface area (TPSA) is 114 Å². The second-order valence-electron chi connectivity index (χ2n) is 19.0. The number of rotatable bonds is 47. The van der Waals surface area contributed by atoms with Crippen LogP contribution in [0.2, 0.25) is 0 Å². The van der Waals surface area contributed by atoms with Crippen LogP contribution in [-0.2, 0) is 27.9 Å². The minimum Gasteiger partial charge on any atom is -0.756 e. The Morgan fingerprint density at radius 3 is 1.42 bits per heavy atom. The molecule has 0 bridgehead atoms. The van der Waals surface area contributed by atoms with Crippen LogP contribution in [0.5, 0.6) is 0 Å². The summed E-state index contributed by atoms with van der Waals surface area (Å²) in [6.07, 6.45) is 64.9. The number of carbonyl (C=O) groups is 2. The van der Waals surface area contributed by atoms with Crippen LogP contribution >= 0.6 is 7.82 Å². The van der Waals surface area contributed by atoms with Crippen LogP contribution in [0.4, 0.5) is 0 Å². The van der Waals surface area contributed by atoms with Crippen molar-refractivity contribution in [2.45, 2.75) is 213 Å². The molecule has 0 aliphatic carbocycles.